The van der Waals surface area contributed by atoms with Crippen molar-refractivity contribution in [2.45, 2.75) is 6.92 Å². The van der Waals surface area contributed by atoms with E-state index in [0.29, 0.717) is 5.75 Å². The molecule has 0 bridgehead atoms. The first-order chi connectivity index (χ1) is 10.2. The lowest BCUT2D eigenvalue weighted by Gasteiger charge is -2.03. The van der Waals surface area contributed by atoms with Gasteiger partial charge in [0.25, 0.3) is 5.91 Å². The lowest BCUT2D eigenvalue weighted by Crippen LogP contribution is -2.24. The van der Waals surface area contributed by atoms with Crippen molar-refractivity contribution in [2.75, 3.05) is 13.7 Å². The lowest BCUT2D eigenvalue weighted by molar-refractivity contribution is -0.122. The van der Waals surface area contributed by atoms with Crippen molar-refractivity contribution in [1.29, 1.82) is 0 Å². The molecule has 1 amide bonds. The van der Waals surface area contributed by atoms with Gasteiger partial charge in [-0.2, -0.15) is 0 Å². The van der Waals surface area contributed by atoms with Gasteiger partial charge in [0.15, 0.2) is 6.61 Å². The molecule has 1 N–H and O–H groups in total. The number of carbonyl (C=O) groups excluding carboxylic acids is 1. The molecule has 21 heavy (non-hydrogen) atoms. The topological polar surface area (TPSA) is 38.3 Å². The molecule has 0 aliphatic rings. The molecule has 0 saturated carbocycles. The van der Waals surface area contributed by atoms with Crippen LogP contribution in [0, 0.1) is 6.92 Å². The summed E-state index contributed by atoms with van der Waals surface area (Å²) < 4.78 is 5.15. The molecule has 0 aromatic heterocycles. The van der Waals surface area contributed by atoms with E-state index in [0.717, 1.165) is 0 Å². The predicted molar refractivity (Wildman–Crippen MR) is 87.3 cm³/mol. The minimum absolute atomic E-state index is 0.0700. The average Bonchev–Trinajstić information content (AvgIpc) is 2.54. The molecular weight excluding hydrogens is 262 g/mol. The lowest BCUT2D eigenvalue weighted by atomic mass is 10.1. The molecule has 0 fully saturated rings. The Labute approximate surface area is 126 Å². The number of rotatable bonds is 4. The van der Waals surface area contributed by atoms with Gasteiger partial charge in [-0.1, -0.05) is 55.1 Å². The van der Waals surface area contributed by atoms with Crippen LogP contribution in [0.3, 0.4) is 0 Å². The number of hydrogen-bond acceptors (Lipinski definition) is 2. The van der Waals surface area contributed by atoms with E-state index in [1.54, 1.807) is 7.05 Å². The molecule has 0 saturated heterocycles. The number of aryl methyl sites for hydroxylation is 1. The van der Waals surface area contributed by atoms with Gasteiger partial charge < -0.3 is 10.1 Å². The van der Waals surface area contributed by atoms with Gasteiger partial charge in [-0.05, 0) is 30.2 Å². The second kappa shape index (κ2) is 9.37. The number of carbonyl (C=O) groups is 1. The number of nitrogens with one attached hydrogen (secondary N) is 1. The minimum atomic E-state index is -0.126. The zero-order valence-electron chi connectivity index (χ0n) is 12.5. The Balaban J connectivity index is 0.000000219. The van der Waals surface area contributed by atoms with E-state index in [-0.39, 0.29) is 12.5 Å². The summed E-state index contributed by atoms with van der Waals surface area (Å²) in [4.78, 5) is 10.7. The quantitative estimate of drug-likeness (QED) is 0.933. The molecule has 0 heterocycles. The molecule has 3 nitrogen and oxygen atoms in total. The number of likely N-dealkylation sites (N-methyl/N-ethyl adjacent to an activating group) is 1. The molecular formula is C18H21NO2. The molecule has 0 aliphatic heterocycles. The minimum Gasteiger partial charge on any atom is -0.484 e. The van der Waals surface area contributed by atoms with E-state index in [2.05, 4.69) is 31.0 Å². The predicted octanol–water partition coefficient (Wildman–Crippen LogP) is 3.45. The molecule has 0 atom stereocenters. The van der Waals surface area contributed by atoms with Gasteiger partial charge in [0.1, 0.15) is 5.75 Å². The van der Waals surface area contributed by atoms with Crippen molar-refractivity contribution in [3.8, 4) is 5.75 Å². The van der Waals surface area contributed by atoms with Crippen molar-refractivity contribution >= 4 is 12.0 Å². The van der Waals surface area contributed by atoms with E-state index in [4.69, 9.17) is 4.74 Å². The molecule has 0 aliphatic carbocycles. The second-order valence-corrected chi connectivity index (χ2v) is 4.34. The number of benzene rings is 2. The van der Waals surface area contributed by atoms with Crippen LogP contribution < -0.4 is 10.1 Å². The van der Waals surface area contributed by atoms with Crippen molar-refractivity contribution in [2.24, 2.45) is 0 Å². The smallest absolute Gasteiger partial charge is 0.257 e. The highest BCUT2D eigenvalue weighted by Crippen LogP contribution is 2.07. The molecule has 3 heteroatoms. The zero-order valence-corrected chi connectivity index (χ0v) is 12.5. The van der Waals surface area contributed by atoms with Gasteiger partial charge >= 0.3 is 0 Å². The largest absolute Gasteiger partial charge is 0.484 e. The highest BCUT2D eigenvalue weighted by molar-refractivity contribution is 5.77. The first-order valence-electron chi connectivity index (χ1n) is 6.74. The molecule has 110 valence electrons. The number of para-hydroxylation sites is 1. The third-order valence-corrected chi connectivity index (χ3v) is 2.80. The second-order valence-electron chi connectivity index (χ2n) is 4.34. The maximum atomic E-state index is 10.7. The van der Waals surface area contributed by atoms with Crippen LogP contribution >= 0.6 is 0 Å². The summed E-state index contributed by atoms with van der Waals surface area (Å²) in [6.45, 7) is 5.84. The van der Waals surface area contributed by atoms with Crippen LogP contribution in [0.15, 0.2) is 61.2 Å². The van der Waals surface area contributed by atoms with E-state index in [1.165, 1.54) is 11.1 Å². The Hall–Kier alpha value is -2.55. The van der Waals surface area contributed by atoms with Gasteiger partial charge in [-0.25, -0.2) is 0 Å². The van der Waals surface area contributed by atoms with E-state index < -0.39 is 0 Å². The van der Waals surface area contributed by atoms with Gasteiger partial charge in [0.2, 0.25) is 0 Å². The summed E-state index contributed by atoms with van der Waals surface area (Å²) in [6.07, 6.45) is 1.87. The summed E-state index contributed by atoms with van der Waals surface area (Å²) in [7, 11) is 1.58. The fraction of sp³-hybridized carbons (Fsp3) is 0.167. The van der Waals surface area contributed by atoms with Gasteiger partial charge in [0.05, 0.1) is 0 Å². The highest BCUT2D eigenvalue weighted by atomic mass is 16.5. The van der Waals surface area contributed by atoms with E-state index >= 15 is 0 Å². The molecule has 0 spiro atoms. The summed E-state index contributed by atoms with van der Waals surface area (Å²) in [5.74, 6) is 0.583. The summed E-state index contributed by atoms with van der Waals surface area (Å²) in [5.41, 5.74) is 2.50. The Morgan fingerprint density at radius 1 is 1.14 bits per heavy atom. The zero-order chi connectivity index (χ0) is 15.5. The van der Waals surface area contributed by atoms with Crippen LogP contribution in [-0.2, 0) is 4.79 Å². The monoisotopic (exact) mass is 283 g/mol. The van der Waals surface area contributed by atoms with Crippen molar-refractivity contribution in [3.63, 3.8) is 0 Å². The third kappa shape index (κ3) is 6.43. The molecule has 0 unspecified atom stereocenters. The highest BCUT2D eigenvalue weighted by Gasteiger charge is 1.97. The van der Waals surface area contributed by atoms with Crippen LogP contribution in [0.1, 0.15) is 11.1 Å². The molecule has 2 aromatic carbocycles. The van der Waals surface area contributed by atoms with Crippen LogP contribution in [0.5, 0.6) is 5.75 Å². The standard InChI is InChI=1S/C9H11NO2.C9H10/c1-10-9(11)7-12-8-5-3-2-4-6-8;1-3-9-7-5-4-6-8(9)2/h2-6H,7H2,1H3,(H,10,11);3-7H,1H2,2H3. The summed E-state index contributed by atoms with van der Waals surface area (Å²) in [5, 5.41) is 2.47. The maximum Gasteiger partial charge on any atom is 0.257 e. The summed E-state index contributed by atoms with van der Waals surface area (Å²) in [6, 6.07) is 17.4. The van der Waals surface area contributed by atoms with E-state index in [9.17, 15) is 4.79 Å². The first-order valence-corrected chi connectivity index (χ1v) is 6.74. The fourth-order valence-electron chi connectivity index (χ4n) is 1.55. The molecule has 0 radical (unpaired) electrons. The van der Waals surface area contributed by atoms with Gasteiger partial charge in [-0.3, -0.25) is 4.79 Å². The molecule has 2 rings (SSSR count). The SMILES string of the molecule is C=Cc1ccccc1C.CNC(=O)COc1ccccc1. The normalized spacial score (nSPS) is 9.05. The number of hydrogen-bond donors (Lipinski definition) is 1. The van der Waals surface area contributed by atoms with Crippen LogP contribution in [0.4, 0.5) is 0 Å². The third-order valence-electron chi connectivity index (χ3n) is 2.80. The van der Waals surface area contributed by atoms with Crippen LogP contribution in [-0.4, -0.2) is 19.6 Å². The fourth-order valence-corrected chi connectivity index (χ4v) is 1.55. The number of amides is 1. The Kier molecular flexibility index (Phi) is 7.36. The first kappa shape index (κ1) is 16.5. The number of ether oxygens (including phenoxy) is 1. The Morgan fingerprint density at radius 2 is 1.76 bits per heavy atom. The Bertz CT molecular complexity index is 564. The summed E-state index contributed by atoms with van der Waals surface area (Å²) >= 11 is 0. The average molecular weight is 283 g/mol. The van der Waals surface area contributed by atoms with Crippen LogP contribution in [0.2, 0.25) is 0 Å². The Morgan fingerprint density at radius 3 is 2.29 bits per heavy atom. The van der Waals surface area contributed by atoms with Gasteiger partial charge in [-0.15, -0.1) is 0 Å². The molecule has 2 aromatic rings. The van der Waals surface area contributed by atoms with Crippen LogP contribution in [0.25, 0.3) is 6.08 Å². The van der Waals surface area contributed by atoms with Crippen molar-refractivity contribution < 1.29 is 9.53 Å². The van der Waals surface area contributed by atoms with Crippen molar-refractivity contribution in [3.05, 3.63) is 72.3 Å². The van der Waals surface area contributed by atoms with E-state index in [1.807, 2.05) is 48.5 Å². The van der Waals surface area contributed by atoms with Gasteiger partial charge in [0, 0.05) is 7.05 Å². The van der Waals surface area contributed by atoms with Crippen molar-refractivity contribution in [1.82, 2.24) is 5.32 Å². The maximum absolute atomic E-state index is 10.7.